The van der Waals surface area contributed by atoms with Gasteiger partial charge in [-0.1, -0.05) is 24.3 Å². The summed E-state index contributed by atoms with van der Waals surface area (Å²) < 4.78 is 103. The largest absolute Gasteiger partial charge is 0.458 e. The second kappa shape index (κ2) is 8.05. The van der Waals surface area contributed by atoms with Crippen molar-refractivity contribution >= 4 is 5.69 Å². The van der Waals surface area contributed by atoms with E-state index >= 15 is 0 Å². The lowest BCUT2D eigenvalue weighted by atomic mass is 10.1. The Kier molecular flexibility index (Phi) is 6.31. The minimum absolute atomic E-state index is 0.0290. The molecule has 0 saturated carbocycles. The fraction of sp³-hybridized carbons (Fsp3) is 0.333. The van der Waals surface area contributed by atoms with Crippen molar-refractivity contribution in [2.75, 3.05) is 11.6 Å². The lowest BCUT2D eigenvalue weighted by molar-refractivity contribution is -0.289. The monoisotopic (exact) mass is 429 g/mol. The molecule has 0 aliphatic carbocycles. The highest BCUT2D eigenvalue weighted by atomic mass is 19.4. The maximum atomic E-state index is 13.5. The molecule has 0 aliphatic rings. The molecule has 0 aromatic heterocycles. The fourth-order valence-corrected chi connectivity index (χ4v) is 2.28. The van der Waals surface area contributed by atoms with Crippen molar-refractivity contribution in [3.8, 4) is 5.75 Å². The SMILES string of the molecule is Cc1cccc(N(C[C@@H](O)C(F)(F)F)Oc2cccc(C(F)(F)C(F)(F)F)c2)c1. The van der Waals surface area contributed by atoms with E-state index in [0.29, 0.717) is 22.8 Å². The number of hydroxylamine groups is 1. The Labute approximate surface area is 160 Å². The maximum Gasteiger partial charge on any atom is 0.458 e. The summed E-state index contributed by atoms with van der Waals surface area (Å²) in [5.41, 5.74) is -0.806. The van der Waals surface area contributed by atoms with E-state index in [1.807, 2.05) is 0 Å². The van der Waals surface area contributed by atoms with E-state index in [0.717, 1.165) is 12.1 Å². The van der Waals surface area contributed by atoms with Gasteiger partial charge in [-0.15, -0.1) is 0 Å². The van der Waals surface area contributed by atoms with Crippen LogP contribution in [0, 0.1) is 6.92 Å². The van der Waals surface area contributed by atoms with Crippen LogP contribution < -0.4 is 9.90 Å². The summed E-state index contributed by atoms with van der Waals surface area (Å²) in [7, 11) is 0. The number of anilines is 1. The van der Waals surface area contributed by atoms with Crippen LogP contribution in [-0.4, -0.2) is 30.1 Å². The van der Waals surface area contributed by atoms with Crippen molar-refractivity contribution in [2.24, 2.45) is 0 Å². The zero-order chi connectivity index (χ0) is 22.0. The number of benzene rings is 2. The standard InChI is InChI=1S/C18H15F8NO2/c1-11-4-2-6-13(8-11)27(10-15(28)17(21,22)23)29-14-7-3-5-12(9-14)16(19,20)18(24,25)26/h2-9,15,28H,10H2,1H3/t15-/m1/s1. The van der Waals surface area contributed by atoms with Crippen LogP contribution in [0.15, 0.2) is 48.5 Å². The quantitative estimate of drug-likeness (QED) is 0.495. The fourth-order valence-electron chi connectivity index (χ4n) is 2.28. The predicted molar refractivity (Wildman–Crippen MR) is 87.6 cm³/mol. The molecule has 2 aromatic rings. The molecule has 0 unspecified atom stereocenters. The molecule has 0 radical (unpaired) electrons. The van der Waals surface area contributed by atoms with Gasteiger partial charge in [-0.05, 0) is 36.8 Å². The van der Waals surface area contributed by atoms with Crippen molar-refractivity contribution in [2.45, 2.75) is 31.3 Å². The van der Waals surface area contributed by atoms with Crippen molar-refractivity contribution < 1.29 is 45.1 Å². The second-order valence-electron chi connectivity index (χ2n) is 6.15. The molecule has 11 heteroatoms. The average Bonchev–Trinajstić information content (AvgIpc) is 2.59. The van der Waals surface area contributed by atoms with Gasteiger partial charge < -0.3 is 9.94 Å². The third-order valence-electron chi connectivity index (χ3n) is 3.77. The van der Waals surface area contributed by atoms with Crippen LogP contribution in [0.5, 0.6) is 5.75 Å². The van der Waals surface area contributed by atoms with Gasteiger partial charge >= 0.3 is 18.3 Å². The van der Waals surface area contributed by atoms with Crippen LogP contribution in [-0.2, 0) is 5.92 Å². The van der Waals surface area contributed by atoms with Crippen molar-refractivity contribution in [1.82, 2.24) is 0 Å². The molecular formula is C18H15F8NO2. The molecule has 1 atom stereocenters. The number of nitrogens with zero attached hydrogens (tertiary/aromatic N) is 1. The first kappa shape index (κ1) is 22.7. The summed E-state index contributed by atoms with van der Waals surface area (Å²) in [6.07, 6.45) is -13.7. The number of hydrogen-bond donors (Lipinski definition) is 1. The first-order valence-electron chi connectivity index (χ1n) is 8.04. The van der Waals surface area contributed by atoms with Crippen LogP contribution in [0.25, 0.3) is 0 Å². The van der Waals surface area contributed by atoms with Gasteiger partial charge in [-0.25, -0.2) is 5.06 Å². The average molecular weight is 429 g/mol. The maximum absolute atomic E-state index is 13.5. The van der Waals surface area contributed by atoms with Gasteiger partial charge in [0.2, 0.25) is 0 Å². The molecule has 0 heterocycles. The smallest absolute Gasteiger partial charge is 0.382 e. The molecular weight excluding hydrogens is 414 g/mol. The van der Waals surface area contributed by atoms with E-state index in [9.17, 15) is 40.2 Å². The molecule has 29 heavy (non-hydrogen) atoms. The van der Waals surface area contributed by atoms with E-state index < -0.39 is 42.2 Å². The molecule has 0 amide bonds. The Bertz CT molecular complexity index is 835. The molecule has 0 spiro atoms. The predicted octanol–water partition coefficient (Wildman–Crippen LogP) is 5.37. The highest BCUT2D eigenvalue weighted by Crippen LogP contribution is 2.44. The Balaban J connectivity index is 2.38. The molecule has 0 aliphatic heterocycles. The number of hydrogen-bond acceptors (Lipinski definition) is 3. The van der Waals surface area contributed by atoms with Crippen LogP contribution in [0.3, 0.4) is 0 Å². The second-order valence-corrected chi connectivity index (χ2v) is 6.15. The van der Waals surface area contributed by atoms with Crippen molar-refractivity contribution in [3.63, 3.8) is 0 Å². The lowest BCUT2D eigenvalue weighted by Gasteiger charge is -2.28. The highest BCUT2D eigenvalue weighted by molar-refractivity contribution is 5.47. The molecule has 2 aromatic carbocycles. The van der Waals surface area contributed by atoms with E-state index in [1.54, 1.807) is 13.0 Å². The Morgan fingerprint density at radius 2 is 1.55 bits per heavy atom. The molecule has 0 fully saturated rings. The van der Waals surface area contributed by atoms with Crippen LogP contribution >= 0.6 is 0 Å². The van der Waals surface area contributed by atoms with E-state index in [1.165, 1.54) is 18.2 Å². The van der Waals surface area contributed by atoms with Crippen LogP contribution in [0.2, 0.25) is 0 Å². The number of rotatable bonds is 6. The summed E-state index contributed by atoms with van der Waals surface area (Å²) in [4.78, 5) is 5.14. The molecule has 0 bridgehead atoms. The molecule has 160 valence electrons. The molecule has 3 nitrogen and oxygen atoms in total. The van der Waals surface area contributed by atoms with Gasteiger partial charge in [0.1, 0.15) is 0 Å². The number of alkyl halides is 8. The first-order valence-corrected chi connectivity index (χ1v) is 8.04. The number of aliphatic hydroxyl groups is 1. The van der Waals surface area contributed by atoms with Gasteiger partial charge in [0.15, 0.2) is 11.9 Å². The third-order valence-corrected chi connectivity index (χ3v) is 3.77. The zero-order valence-electron chi connectivity index (χ0n) is 14.7. The Morgan fingerprint density at radius 1 is 0.931 bits per heavy atom. The van der Waals surface area contributed by atoms with E-state index in [2.05, 4.69) is 0 Å². The van der Waals surface area contributed by atoms with Gasteiger partial charge in [-0.2, -0.15) is 35.1 Å². The van der Waals surface area contributed by atoms with Gasteiger partial charge in [-0.3, -0.25) is 0 Å². The number of aryl methyl sites for hydroxylation is 1. The molecule has 1 N–H and O–H groups in total. The Morgan fingerprint density at radius 3 is 2.10 bits per heavy atom. The number of halogens is 8. The third kappa shape index (κ3) is 5.49. The van der Waals surface area contributed by atoms with Crippen LogP contribution in [0.1, 0.15) is 11.1 Å². The first-order chi connectivity index (χ1) is 13.2. The Hall–Kier alpha value is -2.56. The minimum Gasteiger partial charge on any atom is -0.382 e. The molecule has 2 rings (SSSR count). The number of aliphatic hydroxyl groups excluding tert-OH is 1. The van der Waals surface area contributed by atoms with Crippen LogP contribution in [0.4, 0.5) is 40.8 Å². The van der Waals surface area contributed by atoms with Gasteiger partial charge in [0, 0.05) is 5.56 Å². The van der Waals surface area contributed by atoms with E-state index in [-0.39, 0.29) is 5.69 Å². The van der Waals surface area contributed by atoms with Crippen molar-refractivity contribution in [3.05, 3.63) is 59.7 Å². The topological polar surface area (TPSA) is 32.7 Å². The lowest BCUT2D eigenvalue weighted by Crippen LogP contribution is -2.42. The summed E-state index contributed by atoms with van der Waals surface area (Å²) in [5, 5.41) is 9.91. The molecule has 0 saturated heterocycles. The summed E-state index contributed by atoms with van der Waals surface area (Å²) in [6.45, 7) is 0.471. The van der Waals surface area contributed by atoms with Crippen molar-refractivity contribution in [1.29, 1.82) is 0 Å². The zero-order valence-corrected chi connectivity index (χ0v) is 14.7. The normalized spacial score (nSPS) is 13.9. The highest BCUT2D eigenvalue weighted by Gasteiger charge is 2.58. The van der Waals surface area contributed by atoms with Gasteiger partial charge in [0.25, 0.3) is 0 Å². The summed E-state index contributed by atoms with van der Waals surface area (Å²) in [5.74, 6) is -5.76. The van der Waals surface area contributed by atoms with Gasteiger partial charge in [0.05, 0.1) is 12.2 Å². The summed E-state index contributed by atoms with van der Waals surface area (Å²) in [6, 6.07) is 8.53. The van der Waals surface area contributed by atoms with E-state index in [4.69, 9.17) is 4.84 Å². The summed E-state index contributed by atoms with van der Waals surface area (Å²) >= 11 is 0. The minimum atomic E-state index is -5.87.